The minimum Gasteiger partial charge on any atom is -0.484 e. The molecule has 27 heavy (non-hydrogen) atoms. The number of nitrogens with zero attached hydrogens (tertiary/aromatic N) is 3. The number of rotatable bonds is 6. The summed E-state index contributed by atoms with van der Waals surface area (Å²) < 4.78 is 11.3. The first-order valence-electron chi connectivity index (χ1n) is 8.36. The van der Waals surface area contributed by atoms with Crippen LogP contribution in [0.3, 0.4) is 0 Å². The van der Waals surface area contributed by atoms with E-state index in [1.165, 1.54) is 17.3 Å². The molecule has 0 fully saturated rings. The average Bonchev–Trinajstić information content (AvgIpc) is 3.15. The molecule has 4 rings (SSSR count). The molecule has 0 radical (unpaired) electrons. The molecule has 0 N–H and O–H groups in total. The van der Waals surface area contributed by atoms with E-state index in [1.807, 2.05) is 55.5 Å². The fourth-order valence-corrected chi connectivity index (χ4v) is 3.57. The predicted octanol–water partition coefficient (Wildman–Crippen LogP) is 5.45. The summed E-state index contributed by atoms with van der Waals surface area (Å²) in [5.74, 6) is 1.87. The molecular formula is C20H16ClN3O2S. The van der Waals surface area contributed by atoms with Gasteiger partial charge in [0.2, 0.25) is 0 Å². The number of pyridine rings is 1. The van der Waals surface area contributed by atoms with Crippen molar-refractivity contribution in [2.75, 3.05) is 0 Å². The van der Waals surface area contributed by atoms with Crippen molar-refractivity contribution in [2.45, 2.75) is 24.5 Å². The summed E-state index contributed by atoms with van der Waals surface area (Å²) in [6.45, 7) is 2.27. The molecule has 0 amide bonds. The van der Waals surface area contributed by atoms with E-state index in [-0.39, 0.29) is 6.61 Å². The molecule has 2 aromatic carbocycles. The Kier molecular flexibility index (Phi) is 5.27. The zero-order chi connectivity index (χ0) is 18.6. The minimum atomic E-state index is 0.238. The second-order valence-electron chi connectivity index (χ2n) is 5.96. The van der Waals surface area contributed by atoms with E-state index in [2.05, 4.69) is 15.2 Å². The van der Waals surface area contributed by atoms with Crippen molar-refractivity contribution < 1.29 is 9.15 Å². The highest BCUT2D eigenvalue weighted by molar-refractivity contribution is 7.98. The highest BCUT2D eigenvalue weighted by Crippen LogP contribution is 2.29. The van der Waals surface area contributed by atoms with E-state index >= 15 is 0 Å². The Morgan fingerprint density at radius 1 is 1.07 bits per heavy atom. The van der Waals surface area contributed by atoms with E-state index in [4.69, 9.17) is 20.8 Å². The van der Waals surface area contributed by atoms with E-state index in [0.717, 1.165) is 22.2 Å². The van der Waals surface area contributed by atoms with Gasteiger partial charge in [-0.15, -0.1) is 10.2 Å². The number of thioether (sulfide) groups is 1. The molecule has 2 heterocycles. The number of ether oxygens (including phenoxy) is 1. The summed E-state index contributed by atoms with van der Waals surface area (Å²) in [7, 11) is 0. The first kappa shape index (κ1) is 17.8. The Morgan fingerprint density at radius 2 is 1.93 bits per heavy atom. The van der Waals surface area contributed by atoms with Gasteiger partial charge in [-0.1, -0.05) is 47.1 Å². The van der Waals surface area contributed by atoms with Crippen molar-refractivity contribution in [2.24, 2.45) is 0 Å². The third kappa shape index (κ3) is 4.23. The van der Waals surface area contributed by atoms with Gasteiger partial charge in [0.05, 0.1) is 5.52 Å². The SMILES string of the molecule is Cc1ccc(OCc2nnc(SCc3ccc(Cl)c4cccnc34)o2)cc1. The fourth-order valence-electron chi connectivity index (χ4n) is 2.59. The lowest BCUT2D eigenvalue weighted by molar-refractivity contribution is 0.252. The predicted molar refractivity (Wildman–Crippen MR) is 106 cm³/mol. The molecule has 0 atom stereocenters. The minimum absolute atomic E-state index is 0.238. The molecule has 0 aliphatic heterocycles. The zero-order valence-corrected chi connectivity index (χ0v) is 16.1. The van der Waals surface area contributed by atoms with Crippen LogP contribution in [-0.4, -0.2) is 15.2 Å². The highest BCUT2D eigenvalue weighted by Gasteiger charge is 2.11. The van der Waals surface area contributed by atoms with Crippen LogP contribution in [0.5, 0.6) is 5.75 Å². The van der Waals surface area contributed by atoms with Crippen LogP contribution < -0.4 is 4.74 Å². The molecule has 0 spiro atoms. The van der Waals surface area contributed by atoms with Crippen molar-refractivity contribution in [3.05, 3.63) is 76.8 Å². The van der Waals surface area contributed by atoms with Gasteiger partial charge in [-0.3, -0.25) is 4.98 Å². The Labute approximate surface area is 165 Å². The van der Waals surface area contributed by atoms with Gasteiger partial charge in [-0.2, -0.15) is 0 Å². The maximum atomic E-state index is 6.24. The third-order valence-corrected chi connectivity index (χ3v) is 5.18. The second kappa shape index (κ2) is 7.98. The summed E-state index contributed by atoms with van der Waals surface area (Å²) in [5, 5.41) is 10.2. The van der Waals surface area contributed by atoms with E-state index < -0.39 is 0 Å². The van der Waals surface area contributed by atoms with Gasteiger partial charge in [0.25, 0.3) is 11.1 Å². The first-order chi connectivity index (χ1) is 13.2. The van der Waals surface area contributed by atoms with Gasteiger partial charge < -0.3 is 9.15 Å². The zero-order valence-electron chi connectivity index (χ0n) is 14.6. The van der Waals surface area contributed by atoms with Gasteiger partial charge in [-0.05, 0) is 42.8 Å². The van der Waals surface area contributed by atoms with E-state index in [9.17, 15) is 0 Å². The molecule has 136 valence electrons. The first-order valence-corrected chi connectivity index (χ1v) is 9.72. The number of aromatic nitrogens is 3. The molecule has 4 aromatic rings. The van der Waals surface area contributed by atoms with E-state index in [0.29, 0.717) is 21.9 Å². The summed E-state index contributed by atoms with van der Waals surface area (Å²) in [4.78, 5) is 4.44. The van der Waals surface area contributed by atoms with Crippen LogP contribution in [0, 0.1) is 6.92 Å². The lowest BCUT2D eigenvalue weighted by Crippen LogP contribution is -1.95. The van der Waals surface area contributed by atoms with Crippen LogP contribution in [0.15, 0.2) is 64.4 Å². The Bertz CT molecular complexity index is 1070. The summed E-state index contributed by atoms with van der Waals surface area (Å²) >= 11 is 7.70. The fraction of sp³-hybridized carbons (Fsp3) is 0.150. The molecule has 0 aliphatic carbocycles. The van der Waals surface area contributed by atoms with Gasteiger partial charge in [0, 0.05) is 22.4 Å². The summed E-state index contributed by atoms with van der Waals surface area (Å²) in [6, 6.07) is 15.5. The number of aryl methyl sites for hydroxylation is 1. The highest BCUT2D eigenvalue weighted by atomic mass is 35.5. The van der Waals surface area contributed by atoms with Crippen LogP contribution in [0.25, 0.3) is 10.9 Å². The molecule has 0 bridgehead atoms. The lowest BCUT2D eigenvalue weighted by atomic mass is 10.1. The van der Waals surface area contributed by atoms with Gasteiger partial charge in [0.15, 0.2) is 6.61 Å². The second-order valence-corrected chi connectivity index (χ2v) is 7.29. The van der Waals surface area contributed by atoms with Crippen LogP contribution in [0.1, 0.15) is 17.0 Å². The molecule has 0 unspecified atom stereocenters. The average molecular weight is 398 g/mol. The third-order valence-electron chi connectivity index (χ3n) is 3.98. The molecule has 0 saturated carbocycles. The Balaban J connectivity index is 1.40. The quantitative estimate of drug-likeness (QED) is 0.403. The monoisotopic (exact) mass is 397 g/mol. The maximum Gasteiger partial charge on any atom is 0.277 e. The van der Waals surface area contributed by atoms with Crippen LogP contribution >= 0.6 is 23.4 Å². The van der Waals surface area contributed by atoms with Crippen molar-refractivity contribution in [3.8, 4) is 5.75 Å². The van der Waals surface area contributed by atoms with Crippen LogP contribution in [-0.2, 0) is 12.4 Å². The number of fused-ring (bicyclic) bond motifs is 1. The standard InChI is InChI=1S/C20H16ClN3O2S/c1-13-4-7-15(8-5-13)25-11-18-23-24-20(26-18)27-12-14-6-9-17(21)16-3-2-10-22-19(14)16/h2-10H,11-12H2,1H3. The lowest BCUT2D eigenvalue weighted by Gasteiger charge is -2.05. The molecule has 0 saturated heterocycles. The summed E-state index contributed by atoms with van der Waals surface area (Å²) in [5.41, 5.74) is 3.14. The number of benzene rings is 2. The largest absolute Gasteiger partial charge is 0.484 e. The normalized spacial score (nSPS) is 11.0. The molecule has 5 nitrogen and oxygen atoms in total. The van der Waals surface area contributed by atoms with E-state index in [1.54, 1.807) is 6.20 Å². The number of hydrogen-bond donors (Lipinski definition) is 0. The number of halogens is 1. The van der Waals surface area contributed by atoms with Crippen molar-refractivity contribution in [3.63, 3.8) is 0 Å². The molecule has 2 aromatic heterocycles. The Morgan fingerprint density at radius 3 is 2.78 bits per heavy atom. The van der Waals surface area contributed by atoms with Crippen molar-refractivity contribution in [1.82, 2.24) is 15.2 Å². The molecule has 0 aliphatic rings. The number of hydrogen-bond acceptors (Lipinski definition) is 6. The van der Waals surface area contributed by atoms with Crippen molar-refractivity contribution in [1.29, 1.82) is 0 Å². The van der Waals surface area contributed by atoms with Crippen LogP contribution in [0.2, 0.25) is 5.02 Å². The van der Waals surface area contributed by atoms with Crippen LogP contribution in [0.4, 0.5) is 0 Å². The Hall–Kier alpha value is -2.57. The van der Waals surface area contributed by atoms with Crippen molar-refractivity contribution >= 4 is 34.3 Å². The van der Waals surface area contributed by atoms with Gasteiger partial charge in [-0.25, -0.2) is 0 Å². The summed E-state index contributed by atoms with van der Waals surface area (Å²) in [6.07, 6.45) is 1.76. The molecular weight excluding hydrogens is 382 g/mol. The van der Waals surface area contributed by atoms with Gasteiger partial charge >= 0.3 is 0 Å². The maximum absolute atomic E-state index is 6.24. The molecule has 7 heteroatoms. The topological polar surface area (TPSA) is 61.0 Å². The van der Waals surface area contributed by atoms with Gasteiger partial charge in [0.1, 0.15) is 5.75 Å². The smallest absolute Gasteiger partial charge is 0.277 e.